The lowest BCUT2D eigenvalue weighted by Gasteiger charge is -2.34. The predicted molar refractivity (Wildman–Crippen MR) is 124 cm³/mol. The van der Waals surface area contributed by atoms with Crippen LogP contribution >= 0.6 is 0 Å². The average Bonchev–Trinajstić information content (AvgIpc) is 2.65. The Kier molecular flexibility index (Phi) is 8.92. The zero-order valence-electron chi connectivity index (χ0n) is 19.2. The van der Waals surface area contributed by atoms with Crippen LogP contribution in [0.15, 0.2) is 29.2 Å². The summed E-state index contributed by atoms with van der Waals surface area (Å²) >= 11 is 0. The molecule has 31 heavy (non-hydrogen) atoms. The van der Waals surface area contributed by atoms with Gasteiger partial charge in [0.1, 0.15) is 0 Å². The number of morpholine rings is 1. The van der Waals surface area contributed by atoms with Crippen LogP contribution in [0.25, 0.3) is 0 Å². The highest BCUT2D eigenvalue weighted by Gasteiger charge is 2.32. The highest BCUT2D eigenvalue weighted by molar-refractivity contribution is 7.90. The molecule has 1 aliphatic heterocycles. The van der Waals surface area contributed by atoms with E-state index in [-0.39, 0.29) is 17.1 Å². The first-order valence-corrected chi connectivity index (χ1v) is 13.7. The molecular formula is C21H37N3O5S2. The van der Waals surface area contributed by atoms with Gasteiger partial charge in [0, 0.05) is 31.9 Å². The Morgan fingerprint density at radius 1 is 1.00 bits per heavy atom. The van der Waals surface area contributed by atoms with Crippen molar-refractivity contribution in [2.75, 3.05) is 31.5 Å². The van der Waals surface area contributed by atoms with Crippen molar-refractivity contribution in [1.82, 2.24) is 9.03 Å². The third kappa shape index (κ3) is 7.42. The van der Waals surface area contributed by atoms with Gasteiger partial charge in [-0.25, -0.2) is 21.6 Å². The van der Waals surface area contributed by atoms with E-state index < -0.39 is 24.8 Å². The van der Waals surface area contributed by atoms with Gasteiger partial charge in [0.25, 0.3) is 0 Å². The molecule has 0 bridgehead atoms. The minimum Gasteiger partial charge on any atom is -0.385 e. The van der Waals surface area contributed by atoms with Crippen LogP contribution in [-0.2, 0) is 24.8 Å². The molecule has 2 unspecified atom stereocenters. The molecule has 1 heterocycles. The lowest BCUT2D eigenvalue weighted by atomic mass is 10.2. The predicted octanol–water partition coefficient (Wildman–Crippen LogP) is 2.78. The molecule has 0 saturated carbocycles. The van der Waals surface area contributed by atoms with E-state index in [2.05, 4.69) is 10.0 Å². The van der Waals surface area contributed by atoms with Gasteiger partial charge >= 0.3 is 0 Å². The van der Waals surface area contributed by atoms with Crippen molar-refractivity contribution in [2.24, 2.45) is 0 Å². The number of unbranched alkanes of at least 4 members (excludes halogenated alkanes) is 2. The zero-order chi connectivity index (χ0) is 23.3. The normalized spacial score (nSPS) is 21.2. The molecule has 2 atom stereocenters. The van der Waals surface area contributed by atoms with E-state index in [1.165, 1.54) is 4.31 Å². The molecular weight excluding hydrogens is 438 g/mol. The van der Waals surface area contributed by atoms with E-state index >= 15 is 0 Å². The summed E-state index contributed by atoms with van der Waals surface area (Å²) in [5, 5.41) is 3.26. The number of anilines is 1. The Hall–Kier alpha value is -1.20. The van der Waals surface area contributed by atoms with Gasteiger partial charge in [-0.2, -0.15) is 4.31 Å². The topological polar surface area (TPSA) is 105 Å². The summed E-state index contributed by atoms with van der Waals surface area (Å²) in [5.41, 5.74) is 0.754. The molecule has 0 aliphatic carbocycles. The van der Waals surface area contributed by atoms with Gasteiger partial charge in [-0.05, 0) is 65.7 Å². The van der Waals surface area contributed by atoms with E-state index in [0.717, 1.165) is 24.9 Å². The number of nitrogens with one attached hydrogen (secondary N) is 2. The van der Waals surface area contributed by atoms with Crippen LogP contribution in [0.3, 0.4) is 0 Å². The fourth-order valence-electron chi connectivity index (χ4n) is 3.33. The van der Waals surface area contributed by atoms with Gasteiger partial charge in [0.05, 0.1) is 21.9 Å². The molecule has 1 aromatic carbocycles. The summed E-state index contributed by atoms with van der Waals surface area (Å²) in [6.45, 7) is 10.6. The first-order chi connectivity index (χ1) is 14.3. The molecule has 0 spiro atoms. The second kappa shape index (κ2) is 10.6. The Balaban J connectivity index is 1.81. The van der Waals surface area contributed by atoms with Crippen LogP contribution in [-0.4, -0.2) is 64.3 Å². The van der Waals surface area contributed by atoms with E-state index in [0.29, 0.717) is 26.2 Å². The Morgan fingerprint density at radius 3 is 2.23 bits per heavy atom. The minimum absolute atomic E-state index is 0.132. The van der Waals surface area contributed by atoms with Crippen molar-refractivity contribution in [2.45, 2.75) is 75.7 Å². The number of nitrogens with zero attached hydrogens (tertiary/aromatic N) is 1. The largest absolute Gasteiger partial charge is 0.385 e. The maximum atomic E-state index is 13.0. The van der Waals surface area contributed by atoms with Gasteiger partial charge in [0.15, 0.2) is 0 Å². The van der Waals surface area contributed by atoms with Gasteiger partial charge < -0.3 is 10.1 Å². The van der Waals surface area contributed by atoms with E-state index in [9.17, 15) is 16.8 Å². The summed E-state index contributed by atoms with van der Waals surface area (Å²) in [6.07, 6.45) is 2.20. The van der Waals surface area contributed by atoms with Crippen LogP contribution in [0.4, 0.5) is 5.69 Å². The van der Waals surface area contributed by atoms with Crippen molar-refractivity contribution >= 4 is 25.7 Å². The average molecular weight is 476 g/mol. The third-order valence-electron chi connectivity index (χ3n) is 5.14. The van der Waals surface area contributed by atoms with Crippen molar-refractivity contribution in [3.8, 4) is 0 Å². The van der Waals surface area contributed by atoms with E-state index in [4.69, 9.17) is 4.74 Å². The van der Waals surface area contributed by atoms with Crippen LogP contribution in [0, 0.1) is 0 Å². The van der Waals surface area contributed by atoms with Crippen molar-refractivity contribution in [3.05, 3.63) is 24.3 Å². The molecule has 2 N–H and O–H groups in total. The maximum absolute atomic E-state index is 13.0. The number of hydrogen-bond acceptors (Lipinski definition) is 6. The molecule has 0 amide bonds. The highest BCUT2D eigenvalue weighted by Crippen LogP contribution is 2.23. The molecule has 1 saturated heterocycles. The third-order valence-corrected chi connectivity index (χ3v) is 9.16. The van der Waals surface area contributed by atoms with Crippen molar-refractivity contribution < 1.29 is 21.6 Å². The lowest BCUT2D eigenvalue weighted by molar-refractivity contribution is -0.0440. The lowest BCUT2D eigenvalue weighted by Crippen LogP contribution is -2.48. The molecule has 0 aromatic heterocycles. The second-order valence-corrected chi connectivity index (χ2v) is 13.6. The molecule has 10 heteroatoms. The smallest absolute Gasteiger partial charge is 0.243 e. The molecule has 1 fully saturated rings. The summed E-state index contributed by atoms with van der Waals surface area (Å²) in [5.74, 6) is 0. The van der Waals surface area contributed by atoms with Crippen LogP contribution in [0.5, 0.6) is 0 Å². The first-order valence-electron chi connectivity index (χ1n) is 10.8. The Labute approximate surface area is 187 Å². The van der Waals surface area contributed by atoms with Gasteiger partial charge in [-0.1, -0.05) is 12.5 Å². The molecule has 178 valence electrons. The molecule has 8 nitrogen and oxygen atoms in total. The first kappa shape index (κ1) is 26.1. The second-order valence-electron chi connectivity index (χ2n) is 9.10. The molecule has 1 aromatic rings. The monoisotopic (exact) mass is 475 g/mol. The SMILES string of the molecule is CC1CN(S(=O)(=O)c2cccc(NCCCCCNS(=O)(=O)C(C)(C)C)c2)CC(C)O1. The Morgan fingerprint density at radius 2 is 1.61 bits per heavy atom. The number of sulfonamides is 2. The summed E-state index contributed by atoms with van der Waals surface area (Å²) in [4.78, 5) is 0.274. The number of benzene rings is 1. The van der Waals surface area contributed by atoms with Crippen LogP contribution < -0.4 is 10.0 Å². The minimum atomic E-state index is -3.57. The standard InChI is InChI=1S/C21H37N3O5S2/c1-17-15-24(16-18(2)29-17)30(25,26)20-11-9-10-19(14-20)22-12-7-6-8-13-23-31(27,28)21(3,4)5/h9-11,14,17-18,22-23H,6-8,12-13,15-16H2,1-5H3. The molecule has 0 radical (unpaired) electrons. The molecule has 1 aliphatic rings. The van der Waals surface area contributed by atoms with Crippen molar-refractivity contribution in [3.63, 3.8) is 0 Å². The number of rotatable bonds is 10. The van der Waals surface area contributed by atoms with E-state index in [1.807, 2.05) is 19.9 Å². The van der Waals surface area contributed by atoms with Gasteiger partial charge in [-0.15, -0.1) is 0 Å². The summed E-state index contributed by atoms with van der Waals surface area (Å²) in [6, 6.07) is 6.87. The van der Waals surface area contributed by atoms with Gasteiger partial charge in [0.2, 0.25) is 20.0 Å². The van der Waals surface area contributed by atoms with Crippen LogP contribution in [0.1, 0.15) is 53.9 Å². The zero-order valence-corrected chi connectivity index (χ0v) is 20.9. The van der Waals surface area contributed by atoms with E-state index in [1.54, 1.807) is 39.0 Å². The summed E-state index contributed by atoms with van der Waals surface area (Å²) < 4.78 is 59.0. The van der Waals surface area contributed by atoms with Crippen LogP contribution in [0.2, 0.25) is 0 Å². The maximum Gasteiger partial charge on any atom is 0.243 e. The van der Waals surface area contributed by atoms with Crippen molar-refractivity contribution in [1.29, 1.82) is 0 Å². The highest BCUT2D eigenvalue weighted by atomic mass is 32.2. The van der Waals surface area contributed by atoms with Gasteiger partial charge in [-0.3, -0.25) is 0 Å². The number of hydrogen-bond donors (Lipinski definition) is 2. The fraction of sp³-hybridized carbons (Fsp3) is 0.714. The quantitative estimate of drug-likeness (QED) is 0.504. The molecule has 2 rings (SSSR count). The Bertz CT molecular complexity index is 917. The fourth-order valence-corrected chi connectivity index (χ4v) is 5.81. The number of ether oxygens (including phenoxy) is 1. The summed E-state index contributed by atoms with van der Waals surface area (Å²) in [7, 11) is -6.87.